The molecule has 1 aliphatic rings. The lowest BCUT2D eigenvalue weighted by atomic mass is 9.93. The molecule has 130 valence electrons. The molecule has 1 heterocycles. The molecule has 8 heteroatoms. The summed E-state index contributed by atoms with van der Waals surface area (Å²) in [5.74, 6) is -0.562. The van der Waals surface area contributed by atoms with Gasteiger partial charge in [0.2, 0.25) is 0 Å². The van der Waals surface area contributed by atoms with Gasteiger partial charge in [-0.2, -0.15) is 8.78 Å². The normalized spacial score (nSPS) is 18.3. The van der Waals surface area contributed by atoms with Crippen molar-refractivity contribution in [1.82, 2.24) is 9.80 Å². The first-order chi connectivity index (χ1) is 11.3. The van der Waals surface area contributed by atoms with Crippen molar-refractivity contribution in [2.24, 2.45) is 0 Å². The molecule has 0 spiro atoms. The molecule has 0 fully saturated rings. The number of ether oxygens (including phenoxy) is 2. The number of alkyl halides is 2. The highest BCUT2D eigenvalue weighted by molar-refractivity contribution is 5.94. The summed E-state index contributed by atoms with van der Waals surface area (Å²) in [6.07, 6.45) is 0. The second kappa shape index (κ2) is 6.86. The Hall–Kier alpha value is -2.64. The summed E-state index contributed by atoms with van der Waals surface area (Å²) in [7, 11) is 4.38. The first-order valence-corrected chi connectivity index (χ1v) is 7.12. The zero-order valence-corrected chi connectivity index (χ0v) is 13.7. The summed E-state index contributed by atoms with van der Waals surface area (Å²) in [4.78, 5) is 27.3. The second-order valence-electron chi connectivity index (χ2n) is 5.29. The highest BCUT2D eigenvalue weighted by Crippen LogP contribution is 2.36. The van der Waals surface area contributed by atoms with Gasteiger partial charge in [-0.1, -0.05) is 12.1 Å². The van der Waals surface area contributed by atoms with Crippen molar-refractivity contribution in [3.05, 3.63) is 41.1 Å². The van der Waals surface area contributed by atoms with Gasteiger partial charge < -0.3 is 19.3 Å². The predicted molar refractivity (Wildman–Crippen MR) is 81.5 cm³/mol. The number of esters is 1. The molecule has 1 aliphatic heterocycles. The summed E-state index contributed by atoms with van der Waals surface area (Å²) in [5.41, 5.74) is 1.37. The molecule has 0 unspecified atom stereocenters. The fourth-order valence-electron chi connectivity index (χ4n) is 2.65. The highest BCUT2D eigenvalue weighted by atomic mass is 19.3. The molecule has 1 aromatic carbocycles. The Morgan fingerprint density at radius 3 is 2.29 bits per heavy atom. The Balaban J connectivity index is 2.48. The molecule has 0 aromatic heterocycles. The van der Waals surface area contributed by atoms with Crippen LogP contribution in [0.4, 0.5) is 13.6 Å². The van der Waals surface area contributed by atoms with Gasteiger partial charge in [-0.3, -0.25) is 0 Å². The van der Waals surface area contributed by atoms with Crippen molar-refractivity contribution in [1.29, 1.82) is 0 Å². The third-order valence-electron chi connectivity index (χ3n) is 3.97. The van der Waals surface area contributed by atoms with Crippen LogP contribution in [-0.4, -0.2) is 49.6 Å². The van der Waals surface area contributed by atoms with E-state index in [1.807, 2.05) is 0 Å². The molecule has 1 aromatic rings. The first-order valence-electron chi connectivity index (χ1n) is 7.12. The van der Waals surface area contributed by atoms with Gasteiger partial charge in [0.1, 0.15) is 5.75 Å². The lowest BCUT2D eigenvalue weighted by molar-refractivity contribution is -0.137. The number of carbonyl (C=O) groups is 2. The Bertz CT molecular complexity index is 673. The quantitative estimate of drug-likeness (QED) is 0.791. The van der Waals surface area contributed by atoms with Crippen molar-refractivity contribution >= 4 is 12.0 Å². The van der Waals surface area contributed by atoms with Gasteiger partial charge in [-0.05, 0) is 24.6 Å². The van der Waals surface area contributed by atoms with E-state index in [1.54, 1.807) is 21.0 Å². The molecule has 0 bridgehead atoms. The molecular weight excluding hydrogens is 322 g/mol. The van der Waals surface area contributed by atoms with Gasteiger partial charge in [0.15, 0.2) is 0 Å². The Labute approximate surface area is 138 Å². The second-order valence-corrected chi connectivity index (χ2v) is 5.29. The van der Waals surface area contributed by atoms with Gasteiger partial charge in [0, 0.05) is 19.8 Å². The van der Waals surface area contributed by atoms with E-state index in [-0.39, 0.29) is 11.8 Å². The van der Waals surface area contributed by atoms with Crippen molar-refractivity contribution in [2.45, 2.75) is 19.6 Å². The number of urea groups is 1. The Morgan fingerprint density at radius 1 is 1.21 bits per heavy atom. The van der Waals surface area contributed by atoms with E-state index in [0.29, 0.717) is 16.8 Å². The van der Waals surface area contributed by atoms with E-state index in [2.05, 4.69) is 4.74 Å². The van der Waals surface area contributed by atoms with E-state index in [0.717, 1.165) is 0 Å². The molecule has 0 saturated carbocycles. The first kappa shape index (κ1) is 17.7. The van der Waals surface area contributed by atoms with Crippen LogP contribution in [0.2, 0.25) is 0 Å². The topological polar surface area (TPSA) is 59.1 Å². The summed E-state index contributed by atoms with van der Waals surface area (Å²) in [6.45, 7) is -1.27. The van der Waals surface area contributed by atoms with Crippen LogP contribution in [0, 0.1) is 0 Å². The van der Waals surface area contributed by atoms with Crippen LogP contribution in [0.25, 0.3) is 0 Å². The van der Waals surface area contributed by atoms with Crippen molar-refractivity contribution in [3.8, 4) is 5.75 Å². The maximum atomic E-state index is 12.3. The number of likely N-dealkylation sites (N-methyl/N-ethyl adjacent to an activating group) is 1. The minimum absolute atomic E-state index is 0.00373. The van der Waals surface area contributed by atoms with Crippen LogP contribution in [0.3, 0.4) is 0 Å². The molecule has 24 heavy (non-hydrogen) atoms. The Morgan fingerprint density at radius 2 is 1.79 bits per heavy atom. The predicted octanol–water partition coefficient (Wildman–Crippen LogP) is 2.77. The number of halogens is 2. The molecule has 0 N–H and O–H groups in total. The number of amides is 2. The maximum absolute atomic E-state index is 12.3. The number of hydrogen-bond donors (Lipinski definition) is 0. The van der Waals surface area contributed by atoms with Gasteiger partial charge >= 0.3 is 18.6 Å². The summed E-state index contributed by atoms with van der Waals surface area (Å²) < 4.78 is 33.6. The van der Waals surface area contributed by atoms with Crippen LogP contribution in [0.5, 0.6) is 5.75 Å². The van der Waals surface area contributed by atoms with Gasteiger partial charge in [-0.25, -0.2) is 9.59 Å². The minimum atomic E-state index is -2.92. The summed E-state index contributed by atoms with van der Waals surface area (Å²) in [6, 6.07) is 4.83. The number of rotatable bonds is 4. The minimum Gasteiger partial charge on any atom is -0.466 e. The number of carbonyl (C=O) groups excluding carboxylic acids is 2. The summed E-state index contributed by atoms with van der Waals surface area (Å²) in [5, 5.41) is 0. The van der Waals surface area contributed by atoms with Crippen LogP contribution < -0.4 is 4.74 Å². The van der Waals surface area contributed by atoms with E-state index in [9.17, 15) is 18.4 Å². The van der Waals surface area contributed by atoms with E-state index >= 15 is 0 Å². The van der Waals surface area contributed by atoms with E-state index in [1.165, 1.54) is 41.2 Å². The lowest BCUT2D eigenvalue weighted by Crippen LogP contribution is -2.47. The molecular formula is C16H18F2N2O4. The molecule has 0 aliphatic carbocycles. The number of methoxy groups -OCH3 is 1. The number of benzene rings is 1. The fraction of sp³-hybridized carbons (Fsp3) is 0.375. The number of allylic oxidation sites excluding steroid dienone is 1. The lowest BCUT2D eigenvalue weighted by Gasteiger charge is -2.39. The molecule has 1 atom stereocenters. The van der Waals surface area contributed by atoms with Crippen molar-refractivity contribution in [2.75, 3.05) is 21.2 Å². The summed E-state index contributed by atoms with van der Waals surface area (Å²) >= 11 is 0. The average Bonchev–Trinajstić information content (AvgIpc) is 2.55. The monoisotopic (exact) mass is 340 g/mol. The number of hydrogen-bond acceptors (Lipinski definition) is 4. The average molecular weight is 340 g/mol. The van der Waals surface area contributed by atoms with Gasteiger partial charge in [0.25, 0.3) is 0 Å². The highest BCUT2D eigenvalue weighted by Gasteiger charge is 2.38. The van der Waals surface area contributed by atoms with E-state index < -0.39 is 18.6 Å². The Kier molecular flexibility index (Phi) is 5.06. The van der Waals surface area contributed by atoms with Crippen LogP contribution in [0.15, 0.2) is 35.5 Å². The standard InChI is InChI=1S/C16H18F2N2O4/c1-9-12(14(21)23-4)13(20(3)16(22)19(9)2)10-5-7-11(8-6-10)24-15(17)18/h5-8,13,15H,1-4H3/t13-/m0/s1. The molecule has 2 rings (SSSR count). The van der Waals surface area contributed by atoms with Crippen molar-refractivity contribution < 1.29 is 27.8 Å². The smallest absolute Gasteiger partial charge is 0.387 e. The van der Waals surface area contributed by atoms with E-state index in [4.69, 9.17) is 4.74 Å². The zero-order valence-electron chi connectivity index (χ0n) is 13.7. The fourth-order valence-corrected chi connectivity index (χ4v) is 2.65. The van der Waals surface area contributed by atoms with Crippen LogP contribution in [0.1, 0.15) is 18.5 Å². The van der Waals surface area contributed by atoms with Crippen LogP contribution in [-0.2, 0) is 9.53 Å². The van der Waals surface area contributed by atoms with Crippen molar-refractivity contribution in [3.63, 3.8) is 0 Å². The molecule has 0 radical (unpaired) electrons. The molecule has 0 saturated heterocycles. The van der Waals surface area contributed by atoms with Gasteiger partial charge in [-0.15, -0.1) is 0 Å². The van der Waals surface area contributed by atoms with Crippen LogP contribution >= 0.6 is 0 Å². The molecule has 2 amide bonds. The third-order valence-corrected chi connectivity index (χ3v) is 3.97. The third kappa shape index (κ3) is 3.17. The molecule has 6 nitrogen and oxygen atoms in total. The van der Waals surface area contributed by atoms with Gasteiger partial charge in [0.05, 0.1) is 18.7 Å². The largest absolute Gasteiger partial charge is 0.466 e. The zero-order chi connectivity index (χ0) is 18.0. The number of nitrogens with zero attached hydrogens (tertiary/aromatic N) is 2. The SMILES string of the molecule is COC(=O)C1=C(C)N(C)C(=O)N(C)[C@H]1c1ccc(OC(F)F)cc1. The maximum Gasteiger partial charge on any atom is 0.387 e.